The largest absolute Gasteiger partial charge is 0.396 e. The molecule has 15 heavy (non-hydrogen) atoms. The summed E-state index contributed by atoms with van der Waals surface area (Å²) in [5.41, 5.74) is 6.90. The van der Waals surface area contributed by atoms with Crippen LogP contribution in [0.5, 0.6) is 0 Å². The van der Waals surface area contributed by atoms with Gasteiger partial charge in [0.05, 0.1) is 0 Å². The van der Waals surface area contributed by atoms with Crippen LogP contribution in [0.3, 0.4) is 0 Å². The molecular weight excluding hydrogens is 186 g/mol. The van der Waals surface area contributed by atoms with Gasteiger partial charge in [0, 0.05) is 12.6 Å². The second kappa shape index (κ2) is 3.46. The lowest BCUT2D eigenvalue weighted by Gasteiger charge is -2.47. The van der Waals surface area contributed by atoms with Gasteiger partial charge in [-0.2, -0.15) is 0 Å². The molecule has 5 atom stereocenters. The third-order valence-corrected chi connectivity index (χ3v) is 5.64. The Balaban J connectivity index is 1.83. The Bertz CT molecular complexity index is 251. The van der Waals surface area contributed by atoms with Crippen LogP contribution in [0.15, 0.2) is 0 Å². The van der Waals surface area contributed by atoms with Crippen molar-refractivity contribution in [1.82, 2.24) is 0 Å². The van der Waals surface area contributed by atoms with Crippen molar-refractivity contribution >= 4 is 0 Å². The molecule has 3 N–H and O–H groups in total. The first-order chi connectivity index (χ1) is 7.26. The number of fused-ring (bicyclic) bond motifs is 3. The van der Waals surface area contributed by atoms with E-state index in [4.69, 9.17) is 5.73 Å². The van der Waals surface area contributed by atoms with Gasteiger partial charge in [-0.15, -0.1) is 0 Å². The van der Waals surface area contributed by atoms with Gasteiger partial charge in [0.1, 0.15) is 0 Å². The zero-order chi connectivity index (χ0) is 10.5. The summed E-state index contributed by atoms with van der Waals surface area (Å²) in [6.45, 7) is 0.381. The fraction of sp³-hybridized carbons (Fsp3) is 1.00. The molecule has 3 aliphatic carbocycles. The second-order valence-electron chi connectivity index (χ2n) is 6.17. The standard InChI is InChI=1S/C13H23NO/c14-12-10-3-4-11(6-10)13(12)5-1-2-9(7-13)8-15/h9-12,15H,1-8,14H2/t9?,10-,11+,12+,13-/m1/s1. The molecule has 0 heterocycles. The van der Waals surface area contributed by atoms with Crippen molar-refractivity contribution in [2.75, 3.05) is 6.61 Å². The highest BCUT2D eigenvalue weighted by Gasteiger charge is 2.57. The average molecular weight is 209 g/mol. The molecular formula is C13H23NO. The Morgan fingerprint density at radius 3 is 2.80 bits per heavy atom. The summed E-state index contributed by atoms with van der Waals surface area (Å²) >= 11 is 0. The van der Waals surface area contributed by atoms with Crippen LogP contribution in [0.4, 0.5) is 0 Å². The van der Waals surface area contributed by atoms with Gasteiger partial charge in [-0.05, 0) is 61.7 Å². The number of hydrogen-bond donors (Lipinski definition) is 2. The molecule has 3 rings (SSSR count). The first-order valence-corrected chi connectivity index (χ1v) is 6.63. The molecule has 2 bridgehead atoms. The van der Waals surface area contributed by atoms with Crippen LogP contribution < -0.4 is 5.73 Å². The van der Waals surface area contributed by atoms with Gasteiger partial charge >= 0.3 is 0 Å². The summed E-state index contributed by atoms with van der Waals surface area (Å²) < 4.78 is 0. The van der Waals surface area contributed by atoms with E-state index in [0.717, 1.165) is 11.8 Å². The van der Waals surface area contributed by atoms with E-state index in [1.165, 1.54) is 44.9 Å². The Hall–Kier alpha value is -0.0800. The molecule has 3 saturated carbocycles. The van der Waals surface area contributed by atoms with Crippen LogP contribution in [0.2, 0.25) is 0 Å². The van der Waals surface area contributed by atoms with Gasteiger partial charge < -0.3 is 10.8 Å². The SMILES string of the molecule is N[C@H]1[C@@H]2CC[C@@H](C2)[C@]12CCCC(CO)C2. The van der Waals surface area contributed by atoms with Gasteiger partial charge in [0.2, 0.25) is 0 Å². The molecule has 2 heteroatoms. The van der Waals surface area contributed by atoms with Crippen LogP contribution in [0.1, 0.15) is 44.9 Å². The summed E-state index contributed by atoms with van der Waals surface area (Å²) in [7, 11) is 0. The maximum atomic E-state index is 9.35. The molecule has 3 fully saturated rings. The highest BCUT2D eigenvalue weighted by Crippen LogP contribution is 2.61. The van der Waals surface area contributed by atoms with E-state index in [2.05, 4.69) is 0 Å². The molecule has 0 aromatic carbocycles. The molecule has 0 aromatic rings. The molecule has 1 spiro atoms. The van der Waals surface area contributed by atoms with Crippen LogP contribution in [-0.2, 0) is 0 Å². The Morgan fingerprint density at radius 2 is 2.13 bits per heavy atom. The number of rotatable bonds is 1. The third kappa shape index (κ3) is 1.31. The highest BCUT2D eigenvalue weighted by molar-refractivity contribution is 5.09. The van der Waals surface area contributed by atoms with Crippen molar-refractivity contribution in [2.24, 2.45) is 28.9 Å². The van der Waals surface area contributed by atoms with Crippen molar-refractivity contribution in [1.29, 1.82) is 0 Å². The van der Waals surface area contributed by atoms with E-state index in [0.29, 0.717) is 24.0 Å². The maximum absolute atomic E-state index is 9.35. The summed E-state index contributed by atoms with van der Waals surface area (Å²) in [6.07, 6.45) is 9.25. The Kier molecular flexibility index (Phi) is 2.33. The lowest BCUT2D eigenvalue weighted by atomic mass is 9.60. The van der Waals surface area contributed by atoms with Crippen molar-refractivity contribution in [3.63, 3.8) is 0 Å². The van der Waals surface area contributed by atoms with Crippen LogP contribution >= 0.6 is 0 Å². The zero-order valence-corrected chi connectivity index (χ0v) is 9.49. The minimum Gasteiger partial charge on any atom is -0.396 e. The van der Waals surface area contributed by atoms with E-state index >= 15 is 0 Å². The number of nitrogens with two attached hydrogens (primary N) is 1. The van der Waals surface area contributed by atoms with Crippen LogP contribution in [0.25, 0.3) is 0 Å². The lowest BCUT2D eigenvalue weighted by Crippen LogP contribution is -2.49. The van der Waals surface area contributed by atoms with E-state index in [-0.39, 0.29) is 0 Å². The predicted octanol–water partition coefficient (Wildman–Crippen LogP) is 1.91. The topological polar surface area (TPSA) is 46.2 Å². The molecule has 3 aliphatic rings. The third-order valence-electron chi connectivity index (χ3n) is 5.64. The monoisotopic (exact) mass is 209 g/mol. The normalized spacial score (nSPS) is 54.0. The summed E-state index contributed by atoms with van der Waals surface area (Å²) in [5.74, 6) is 2.25. The molecule has 0 aliphatic heterocycles. The van der Waals surface area contributed by atoms with Gasteiger partial charge in [0.25, 0.3) is 0 Å². The average Bonchev–Trinajstić information content (AvgIpc) is 2.84. The molecule has 0 saturated heterocycles. The molecule has 2 nitrogen and oxygen atoms in total. The zero-order valence-electron chi connectivity index (χ0n) is 9.49. The highest BCUT2D eigenvalue weighted by atomic mass is 16.3. The molecule has 0 radical (unpaired) electrons. The van der Waals surface area contributed by atoms with E-state index in [9.17, 15) is 5.11 Å². The predicted molar refractivity (Wildman–Crippen MR) is 60.3 cm³/mol. The van der Waals surface area contributed by atoms with Crippen molar-refractivity contribution < 1.29 is 5.11 Å². The van der Waals surface area contributed by atoms with Gasteiger partial charge in [0.15, 0.2) is 0 Å². The Labute approximate surface area is 92.2 Å². The number of hydrogen-bond acceptors (Lipinski definition) is 2. The quantitative estimate of drug-likeness (QED) is 0.693. The maximum Gasteiger partial charge on any atom is 0.0459 e. The van der Waals surface area contributed by atoms with Gasteiger partial charge in [-0.1, -0.05) is 6.42 Å². The van der Waals surface area contributed by atoms with Crippen LogP contribution in [0, 0.1) is 23.2 Å². The van der Waals surface area contributed by atoms with Crippen LogP contribution in [-0.4, -0.2) is 17.8 Å². The minimum atomic E-state index is 0.381. The molecule has 1 unspecified atom stereocenters. The van der Waals surface area contributed by atoms with E-state index < -0.39 is 0 Å². The van der Waals surface area contributed by atoms with E-state index in [1.807, 2.05) is 0 Å². The lowest BCUT2D eigenvalue weighted by molar-refractivity contribution is 0.0292. The minimum absolute atomic E-state index is 0.381. The molecule has 0 amide bonds. The number of aliphatic hydroxyl groups is 1. The first kappa shape index (κ1) is 10.1. The first-order valence-electron chi connectivity index (χ1n) is 6.63. The van der Waals surface area contributed by atoms with Gasteiger partial charge in [-0.25, -0.2) is 0 Å². The summed E-state index contributed by atoms with van der Waals surface area (Å²) in [6, 6.07) is 0.450. The fourth-order valence-electron chi connectivity index (χ4n) is 4.90. The van der Waals surface area contributed by atoms with Crippen molar-refractivity contribution in [3.8, 4) is 0 Å². The van der Waals surface area contributed by atoms with Crippen molar-refractivity contribution in [3.05, 3.63) is 0 Å². The fourth-order valence-corrected chi connectivity index (χ4v) is 4.90. The van der Waals surface area contributed by atoms with Crippen molar-refractivity contribution in [2.45, 2.75) is 51.0 Å². The smallest absolute Gasteiger partial charge is 0.0459 e. The molecule has 86 valence electrons. The summed E-state index contributed by atoms with van der Waals surface area (Å²) in [5, 5.41) is 9.35. The number of aliphatic hydroxyl groups excluding tert-OH is 1. The van der Waals surface area contributed by atoms with E-state index in [1.54, 1.807) is 0 Å². The summed E-state index contributed by atoms with van der Waals surface area (Å²) in [4.78, 5) is 0. The van der Waals surface area contributed by atoms with Gasteiger partial charge in [-0.3, -0.25) is 0 Å². The molecule has 0 aromatic heterocycles. The Morgan fingerprint density at radius 1 is 1.27 bits per heavy atom. The second-order valence-corrected chi connectivity index (χ2v) is 6.17.